The number of likely N-dealkylation sites (N-methyl/N-ethyl adjacent to an activating group) is 1. The molecule has 0 bridgehead atoms. The van der Waals surface area contributed by atoms with Crippen LogP contribution < -0.4 is 19.1 Å². The average molecular weight is 543 g/mol. The van der Waals surface area contributed by atoms with Gasteiger partial charge in [-0.25, -0.2) is 0 Å². The molecule has 6 nitrogen and oxygen atoms in total. The fourth-order valence-corrected chi connectivity index (χ4v) is 4.29. The lowest BCUT2D eigenvalue weighted by atomic mass is 10.1. The number of rotatable bonds is 8. The Morgan fingerprint density at radius 3 is 2.36 bits per heavy atom. The number of hydrogen-bond donors (Lipinski definition) is 0. The van der Waals surface area contributed by atoms with Gasteiger partial charge >= 0.3 is 0 Å². The standard InChI is InChI=1S/C27H24Cl2N2O4S/c1-4-34-20-9-7-19(8-10-20)31-26(32)23(30(2)27(31)36)14-17-6-12-24(25(15-17)33-3)35-16-18-5-11-21(28)22(29)13-18/h5-15H,4,16H2,1-3H3/b23-14-. The Kier molecular flexibility index (Phi) is 8.04. The summed E-state index contributed by atoms with van der Waals surface area (Å²) in [7, 11) is 3.33. The monoisotopic (exact) mass is 542 g/mol. The summed E-state index contributed by atoms with van der Waals surface area (Å²) in [5.74, 6) is 1.61. The fourth-order valence-electron chi connectivity index (χ4n) is 3.68. The van der Waals surface area contributed by atoms with E-state index in [0.29, 0.717) is 51.3 Å². The van der Waals surface area contributed by atoms with Gasteiger partial charge in [-0.3, -0.25) is 9.69 Å². The van der Waals surface area contributed by atoms with Crippen LogP contribution in [0.25, 0.3) is 6.08 Å². The van der Waals surface area contributed by atoms with E-state index in [-0.39, 0.29) is 5.91 Å². The van der Waals surface area contributed by atoms with Crippen molar-refractivity contribution < 1.29 is 19.0 Å². The summed E-state index contributed by atoms with van der Waals surface area (Å²) in [5.41, 5.74) is 2.76. The normalized spacial score (nSPS) is 14.5. The molecular weight excluding hydrogens is 519 g/mol. The Hall–Kier alpha value is -3.26. The van der Waals surface area contributed by atoms with Crippen LogP contribution in [-0.4, -0.2) is 36.7 Å². The van der Waals surface area contributed by atoms with Crippen molar-refractivity contribution in [3.63, 3.8) is 0 Å². The zero-order valence-corrected chi connectivity index (χ0v) is 22.3. The molecule has 0 aromatic heterocycles. The van der Waals surface area contributed by atoms with Crippen molar-refractivity contribution in [3.8, 4) is 17.2 Å². The average Bonchev–Trinajstić information content (AvgIpc) is 3.08. The molecule has 3 aromatic rings. The van der Waals surface area contributed by atoms with Gasteiger partial charge in [-0.05, 0) is 84.9 Å². The second kappa shape index (κ2) is 11.2. The van der Waals surface area contributed by atoms with Crippen LogP contribution in [0.4, 0.5) is 5.69 Å². The zero-order valence-electron chi connectivity index (χ0n) is 20.0. The van der Waals surface area contributed by atoms with E-state index >= 15 is 0 Å². The molecule has 0 saturated carbocycles. The number of benzene rings is 3. The summed E-state index contributed by atoms with van der Waals surface area (Å²) in [6.07, 6.45) is 1.77. The van der Waals surface area contributed by atoms with Crippen molar-refractivity contribution in [2.75, 3.05) is 25.7 Å². The number of thiocarbonyl (C=S) groups is 1. The van der Waals surface area contributed by atoms with Crippen molar-refractivity contribution in [2.45, 2.75) is 13.5 Å². The van der Waals surface area contributed by atoms with Gasteiger partial charge in [0.25, 0.3) is 5.91 Å². The molecule has 1 aliphatic rings. The quantitative estimate of drug-likeness (QED) is 0.236. The molecular formula is C27H24Cl2N2O4S. The van der Waals surface area contributed by atoms with Gasteiger partial charge in [-0.2, -0.15) is 0 Å². The molecule has 1 amide bonds. The molecule has 0 atom stereocenters. The molecule has 0 spiro atoms. The highest BCUT2D eigenvalue weighted by molar-refractivity contribution is 7.80. The van der Waals surface area contributed by atoms with Crippen LogP contribution in [0.15, 0.2) is 66.4 Å². The van der Waals surface area contributed by atoms with Crippen LogP contribution in [0, 0.1) is 0 Å². The summed E-state index contributed by atoms with van der Waals surface area (Å²) in [4.78, 5) is 16.5. The Labute approximate surface area is 225 Å². The van der Waals surface area contributed by atoms with E-state index in [1.807, 2.05) is 43.3 Å². The molecule has 1 aliphatic heterocycles. The number of ether oxygens (including phenoxy) is 3. The van der Waals surface area contributed by atoms with Crippen LogP contribution >= 0.6 is 35.4 Å². The molecule has 4 rings (SSSR count). The van der Waals surface area contributed by atoms with Crippen molar-refractivity contribution in [2.24, 2.45) is 0 Å². The predicted octanol–water partition coefficient (Wildman–Crippen LogP) is 6.58. The van der Waals surface area contributed by atoms with E-state index < -0.39 is 0 Å². The van der Waals surface area contributed by atoms with Gasteiger partial charge in [0.2, 0.25) is 0 Å². The van der Waals surface area contributed by atoms with Crippen molar-refractivity contribution in [3.05, 3.63) is 87.5 Å². The smallest absolute Gasteiger partial charge is 0.281 e. The van der Waals surface area contributed by atoms with Crippen molar-refractivity contribution >= 4 is 58.2 Å². The van der Waals surface area contributed by atoms with Crippen LogP contribution in [0.1, 0.15) is 18.1 Å². The van der Waals surface area contributed by atoms with Gasteiger partial charge in [-0.1, -0.05) is 35.3 Å². The fraction of sp³-hybridized carbons (Fsp3) is 0.185. The SMILES string of the molecule is CCOc1ccc(N2C(=O)/C(=C/c3ccc(OCc4ccc(Cl)c(Cl)c4)c(OC)c3)N(C)C2=S)cc1. The molecule has 1 heterocycles. The minimum Gasteiger partial charge on any atom is -0.494 e. The first-order valence-corrected chi connectivity index (χ1v) is 12.3. The topological polar surface area (TPSA) is 51.2 Å². The molecule has 9 heteroatoms. The van der Waals surface area contributed by atoms with E-state index in [1.165, 1.54) is 4.90 Å². The first-order valence-electron chi connectivity index (χ1n) is 11.1. The number of methoxy groups -OCH3 is 1. The van der Waals surface area contributed by atoms with Crippen molar-refractivity contribution in [1.82, 2.24) is 4.90 Å². The number of amides is 1. The van der Waals surface area contributed by atoms with E-state index in [2.05, 4.69) is 0 Å². The first-order chi connectivity index (χ1) is 17.3. The van der Waals surface area contributed by atoms with Gasteiger partial charge in [0.05, 0.1) is 29.4 Å². The van der Waals surface area contributed by atoms with Gasteiger partial charge in [0.1, 0.15) is 18.1 Å². The van der Waals surface area contributed by atoms with Gasteiger partial charge in [0, 0.05) is 7.05 Å². The maximum absolute atomic E-state index is 13.3. The predicted molar refractivity (Wildman–Crippen MR) is 147 cm³/mol. The maximum atomic E-state index is 13.3. The summed E-state index contributed by atoms with van der Waals surface area (Å²) in [6.45, 7) is 2.78. The van der Waals surface area contributed by atoms with Crippen LogP contribution in [0.2, 0.25) is 10.0 Å². The van der Waals surface area contributed by atoms with Crippen LogP contribution in [-0.2, 0) is 11.4 Å². The third-order valence-corrected chi connectivity index (χ3v) is 6.73. The zero-order chi connectivity index (χ0) is 25.8. The molecule has 186 valence electrons. The summed E-state index contributed by atoms with van der Waals surface area (Å²) >= 11 is 17.6. The van der Waals surface area contributed by atoms with Gasteiger partial charge in [0.15, 0.2) is 16.6 Å². The summed E-state index contributed by atoms with van der Waals surface area (Å²) < 4.78 is 17.0. The highest BCUT2D eigenvalue weighted by Gasteiger charge is 2.36. The molecule has 0 radical (unpaired) electrons. The minimum absolute atomic E-state index is 0.217. The lowest BCUT2D eigenvalue weighted by molar-refractivity contribution is -0.114. The van der Waals surface area contributed by atoms with Gasteiger partial charge in [-0.15, -0.1) is 0 Å². The third kappa shape index (κ3) is 5.43. The molecule has 0 N–H and O–H groups in total. The Morgan fingerprint density at radius 2 is 1.69 bits per heavy atom. The molecule has 1 fully saturated rings. The molecule has 0 aliphatic carbocycles. The van der Waals surface area contributed by atoms with E-state index in [1.54, 1.807) is 49.4 Å². The lowest BCUT2D eigenvalue weighted by Crippen LogP contribution is -2.31. The lowest BCUT2D eigenvalue weighted by Gasteiger charge is -2.16. The van der Waals surface area contributed by atoms with Crippen molar-refractivity contribution in [1.29, 1.82) is 0 Å². The second-order valence-corrected chi connectivity index (χ2v) is 9.07. The number of carbonyl (C=O) groups is 1. The maximum Gasteiger partial charge on any atom is 0.281 e. The number of carbonyl (C=O) groups excluding carboxylic acids is 1. The van der Waals surface area contributed by atoms with Gasteiger partial charge < -0.3 is 19.1 Å². The Balaban J connectivity index is 1.54. The number of anilines is 1. The molecule has 0 unspecified atom stereocenters. The second-order valence-electron chi connectivity index (χ2n) is 7.89. The van der Waals surface area contributed by atoms with E-state index in [0.717, 1.165) is 16.9 Å². The summed E-state index contributed by atoms with van der Waals surface area (Å²) in [5, 5.41) is 1.35. The highest BCUT2D eigenvalue weighted by atomic mass is 35.5. The van der Waals surface area contributed by atoms with Crippen LogP contribution in [0.3, 0.4) is 0 Å². The number of nitrogens with zero attached hydrogens (tertiary/aromatic N) is 2. The molecule has 3 aromatic carbocycles. The van der Waals surface area contributed by atoms with E-state index in [4.69, 9.17) is 49.6 Å². The Morgan fingerprint density at radius 1 is 0.944 bits per heavy atom. The molecule has 36 heavy (non-hydrogen) atoms. The Bertz CT molecular complexity index is 1330. The number of hydrogen-bond acceptors (Lipinski definition) is 5. The largest absolute Gasteiger partial charge is 0.494 e. The van der Waals surface area contributed by atoms with Crippen LogP contribution in [0.5, 0.6) is 17.2 Å². The summed E-state index contributed by atoms with van der Waals surface area (Å²) in [6, 6.07) is 18.1. The minimum atomic E-state index is -0.217. The number of halogens is 2. The highest BCUT2D eigenvalue weighted by Crippen LogP contribution is 2.33. The molecule has 1 saturated heterocycles. The van der Waals surface area contributed by atoms with E-state index in [9.17, 15) is 4.79 Å². The first kappa shape index (κ1) is 25.8. The third-order valence-electron chi connectivity index (χ3n) is 5.54.